The Hall–Kier alpha value is -3.66. The third-order valence-electron chi connectivity index (χ3n) is 6.74. The van der Waals surface area contributed by atoms with Gasteiger partial charge in [0.1, 0.15) is 11.3 Å². The Morgan fingerprint density at radius 1 is 1.23 bits per heavy atom. The van der Waals surface area contributed by atoms with Gasteiger partial charge in [-0.3, -0.25) is 13.3 Å². The smallest absolute Gasteiger partial charge is 0.489 e. The number of furan rings is 1. The quantitative estimate of drug-likeness (QED) is 0.220. The molecule has 0 aliphatic heterocycles. The van der Waals surface area contributed by atoms with Crippen LogP contribution in [0.25, 0.3) is 22.3 Å². The van der Waals surface area contributed by atoms with Crippen LogP contribution in [0.3, 0.4) is 0 Å². The lowest BCUT2D eigenvalue weighted by Crippen LogP contribution is -2.33. The van der Waals surface area contributed by atoms with Crippen molar-refractivity contribution in [3.63, 3.8) is 0 Å². The number of halogens is 1. The predicted octanol–water partition coefficient (Wildman–Crippen LogP) is 3.34. The van der Waals surface area contributed by atoms with Crippen LogP contribution in [0.1, 0.15) is 45.8 Å². The van der Waals surface area contributed by atoms with Crippen molar-refractivity contribution < 1.29 is 28.0 Å². The maximum absolute atomic E-state index is 13.0. The lowest BCUT2D eigenvalue weighted by molar-refractivity contribution is 0.0964. The summed E-state index contributed by atoms with van der Waals surface area (Å²) in [5.41, 5.74) is 3.19. The van der Waals surface area contributed by atoms with Crippen molar-refractivity contribution in [3.05, 3.63) is 81.9 Å². The highest BCUT2D eigenvalue weighted by Crippen LogP contribution is 2.45. The Labute approximate surface area is 232 Å². The molecule has 1 amide bonds. The van der Waals surface area contributed by atoms with E-state index in [2.05, 4.69) is 5.32 Å². The second-order valence-electron chi connectivity index (χ2n) is 9.22. The van der Waals surface area contributed by atoms with Crippen LogP contribution >= 0.6 is 11.6 Å². The molecule has 5 rings (SSSR count). The molecule has 3 aromatic carbocycles. The molecule has 1 unspecified atom stereocenters. The summed E-state index contributed by atoms with van der Waals surface area (Å²) in [6.07, 6.45) is 1.86. The molecule has 1 aliphatic rings. The zero-order chi connectivity index (χ0) is 27.8. The summed E-state index contributed by atoms with van der Waals surface area (Å²) in [5.74, 6) is 0.269. The van der Waals surface area contributed by atoms with Crippen LogP contribution in [0.4, 0.5) is 5.69 Å². The Morgan fingerprint density at radius 3 is 2.54 bits per heavy atom. The minimum atomic E-state index is -2.72. The van der Waals surface area contributed by atoms with Gasteiger partial charge in [0.15, 0.2) is 0 Å². The van der Waals surface area contributed by atoms with Gasteiger partial charge >= 0.3 is 7.12 Å². The fraction of sp³-hybridized carbons (Fsp3) is 0.185. The fourth-order valence-electron chi connectivity index (χ4n) is 4.67. The number of nitrogens with one attached hydrogen (secondary N) is 1. The Kier molecular flexibility index (Phi) is 7.49. The Balaban J connectivity index is 1.64. The number of benzene rings is 3. The van der Waals surface area contributed by atoms with Gasteiger partial charge < -0.3 is 24.3 Å². The molecular formula is C27H22BClN3O6S-. The lowest BCUT2D eigenvalue weighted by Gasteiger charge is -2.28. The van der Waals surface area contributed by atoms with Gasteiger partial charge in [-0.05, 0) is 83.9 Å². The topological polar surface area (TPSA) is 150 Å². The normalized spacial score (nSPS) is 13.6. The van der Waals surface area contributed by atoms with Crippen LogP contribution in [-0.4, -0.2) is 38.9 Å². The Bertz CT molecular complexity index is 1650. The second-order valence-corrected chi connectivity index (χ2v) is 10.5. The minimum absolute atomic E-state index is 0.0231. The number of anilines is 1. The first-order valence-electron chi connectivity index (χ1n) is 12.1. The fourth-order valence-corrected chi connectivity index (χ4v) is 5.33. The number of amides is 1. The van der Waals surface area contributed by atoms with Gasteiger partial charge in [-0.15, -0.1) is 0 Å². The zero-order valence-corrected chi connectivity index (χ0v) is 22.3. The van der Waals surface area contributed by atoms with Crippen molar-refractivity contribution in [2.75, 3.05) is 11.4 Å². The average molecular weight is 563 g/mol. The van der Waals surface area contributed by atoms with E-state index < -0.39 is 18.4 Å². The van der Waals surface area contributed by atoms with Gasteiger partial charge in [-0.25, -0.2) is 0 Å². The minimum Gasteiger partial charge on any atom is -0.755 e. The van der Waals surface area contributed by atoms with Crippen LogP contribution in [0.15, 0.2) is 59.0 Å². The molecule has 1 aromatic heterocycles. The van der Waals surface area contributed by atoms with E-state index in [-0.39, 0.29) is 35.1 Å². The zero-order valence-electron chi connectivity index (χ0n) is 20.7. The lowest BCUT2D eigenvalue weighted by atomic mass is 9.77. The van der Waals surface area contributed by atoms with Crippen LogP contribution in [0.5, 0.6) is 0 Å². The first-order valence-corrected chi connectivity index (χ1v) is 13.5. The molecule has 12 heteroatoms. The van der Waals surface area contributed by atoms with Crippen molar-refractivity contribution in [1.29, 1.82) is 5.26 Å². The molecule has 1 atom stereocenters. The van der Waals surface area contributed by atoms with Crippen molar-refractivity contribution in [3.8, 4) is 17.4 Å². The molecule has 198 valence electrons. The summed E-state index contributed by atoms with van der Waals surface area (Å²) < 4.78 is 32.0. The number of nitrogens with zero attached hydrogens (tertiary/aromatic N) is 2. The van der Waals surface area contributed by atoms with E-state index in [0.717, 1.165) is 22.7 Å². The first-order chi connectivity index (χ1) is 18.7. The number of fused-ring (bicyclic) bond motifs is 1. The molecule has 0 saturated heterocycles. The second kappa shape index (κ2) is 10.8. The summed E-state index contributed by atoms with van der Waals surface area (Å²) in [4.78, 5) is 13.0. The molecule has 9 nitrogen and oxygen atoms in total. The number of hydrogen-bond donors (Lipinski definition) is 3. The third-order valence-corrected chi connectivity index (χ3v) is 7.70. The first kappa shape index (κ1) is 26.9. The van der Waals surface area contributed by atoms with Gasteiger partial charge in [0, 0.05) is 40.0 Å². The van der Waals surface area contributed by atoms with Gasteiger partial charge in [-0.2, -0.15) is 5.26 Å². The molecule has 3 N–H and O–H groups in total. The standard InChI is InChI=1S/C27H23BClN3O6S/c1-31-27(33)25-22-12-21(15-2-3-15)18(11-24(22)38-26(25)16-4-6-19(29)7-5-16)14-32(39(36)37)20-8-9-23(28(34)35)17(10-20)13-30/h4-12,15,34-35H,2-3,14H2,1H3,(H,31,33)(H,36,37)/p-1. The SMILES string of the molecule is CNC(=O)c1c(-c2ccc(Cl)cc2)oc2cc(CN(c3ccc(B(O)O)c(C#N)c3)S(=O)[O-])c(C3CC3)cc12. The summed E-state index contributed by atoms with van der Waals surface area (Å²) >= 11 is 3.34. The number of nitriles is 1. The van der Waals surface area contributed by atoms with E-state index in [9.17, 15) is 28.9 Å². The number of carbonyl (C=O) groups excluding carboxylic acids is 1. The molecule has 0 spiro atoms. The molecule has 1 saturated carbocycles. The monoisotopic (exact) mass is 562 g/mol. The summed E-state index contributed by atoms with van der Waals surface area (Å²) in [6, 6.07) is 16.5. The van der Waals surface area contributed by atoms with Crippen molar-refractivity contribution in [2.45, 2.75) is 25.3 Å². The van der Waals surface area contributed by atoms with Crippen LogP contribution < -0.4 is 15.1 Å². The predicted molar refractivity (Wildman–Crippen MR) is 148 cm³/mol. The molecule has 1 heterocycles. The van der Waals surface area contributed by atoms with Gasteiger partial charge in [-0.1, -0.05) is 17.7 Å². The van der Waals surface area contributed by atoms with Crippen molar-refractivity contribution in [1.82, 2.24) is 5.32 Å². The van der Waals surface area contributed by atoms with Crippen LogP contribution in [0.2, 0.25) is 5.02 Å². The number of rotatable bonds is 8. The van der Waals surface area contributed by atoms with E-state index >= 15 is 0 Å². The molecule has 39 heavy (non-hydrogen) atoms. The van der Waals surface area contributed by atoms with E-state index in [4.69, 9.17) is 16.0 Å². The molecular weight excluding hydrogens is 541 g/mol. The van der Waals surface area contributed by atoms with Gasteiger partial charge in [0.25, 0.3) is 5.91 Å². The molecule has 1 aliphatic carbocycles. The highest BCUT2D eigenvalue weighted by atomic mass is 35.5. The third kappa shape index (κ3) is 5.30. The van der Waals surface area contributed by atoms with E-state index in [0.29, 0.717) is 38.4 Å². The van der Waals surface area contributed by atoms with E-state index in [1.165, 1.54) is 18.2 Å². The van der Waals surface area contributed by atoms with Crippen LogP contribution in [-0.2, 0) is 17.8 Å². The van der Waals surface area contributed by atoms with E-state index in [1.807, 2.05) is 12.1 Å². The Morgan fingerprint density at radius 2 is 1.95 bits per heavy atom. The highest BCUT2D eigenvalue weighted by molar-refractivity contribution is 7.80. The summed E-state index contributed by atoms with van der Waals surface area (Å²) in [5, 5.41) is 32.3. The van der Waals surface area contributed by atoms with Gasteiger partial charge in [0.05, 0.1) is 23.7 Å². The van der Waals surface area contributed by atoms with Gasteiger partial charge in [0.2, 0.25) is 0 Å². The maximum atomic E-state index is 13.0. The average Bonchev–Trinajstić information content (AvgIpc) is 3.71. The number of hydrogen-bond acceptors (Lipinski definition) is 7. The highest BCUT2D eigenvalue weighted by Gasteiger charge is 2.30. The molecule has 0 radical (unpaired) electrons. The molecule has 1 fully saturated rings. The summed E-state index contributed by atoms with van der Waals surface area (Å²) in [7, 11) is -0.326. The number of carbonyl (C=O) groups is 1. The molecule has 0 bridgehead atoms. The van der Waals surface area contributed by atoms with Crippen LogP contribution in [0, 0.1) is 11.3 Å². The van der Waals surface area contributed by atoms with Crippen molar-refractivity contribution in [2.24, 2.45) is 0 Å². The summed E-state index contributed by atoms with van der Waals surface area (Å²) in [6.45, 7) is -0.0595. The maximum Gasteiger partial charge on any atom is 0.489 e. The largest absolute Gasteiger partial charge is 0.755 e. The van der Waals surface area contributed by atoms with E-state index in [1.54, 1.807) is 37.4 Å². The van der Waals surface area contributed by atoms with Crippen molar-refractivity contribution >= 4 is 58.0 Å². The molecule has 4 aromatic rings.